The molecule has 1 nitrogen and oxygen atoms in total. The number of aryl methyl sites for hydroxylation is 1. The molecule has 0 aliphatic rings. The van der Waals surface area contributed by atoms with Gasteiger partial charge in [-0.05, 0) is 31.0 Å². The zero-order valence-electron chi connectivity index (χ0n) is 13.1. The molecule has 0 aliphatic carbocycles. The van der Waals surface area contributed by atoms with E-state index in [2.05, 4.69) is 75.4 Å². The largest absolute Gasteiger partial charge is 0.351 e. The molecule has 1 unspecified atom stereocenters. The first kappa shape index (κ1) is 14.6. The van der Waals surface area contributed by atoms with Crippen LogP contribution in [0.2, 0.25) is 0 Å². The highest BCUT2D eigenvalue weighted by Gasteiger charge is 2.13. The van der Waals surface area contributed by atoms with Crippen LogP contribution in [0, 0.1) is 6.92 Å². The predicted molar refractivity (Wildman–Crippen MR) is 87.2 cm³/mol. The molecule has 0 fully saturated rings. The van der Waals surface area contributed by atoms with Crippen molar-refractivity contribution < 1.29 is 0 Å². The summed E-state index contributed by atoms with van der Waals surface area (Å²) in [6.45, 7) is 10.7. The van der Waals surface area contributed by atoms with Crippen molar-refractivity contribution in [3.63, 3.8) is 0 Å². The highest BCUT2D eigenvalue weighted by molar-refractivity contribution is 5.33. The van der Waals surface area contributed by atoms with Crippen LogP contribution < -0.4 is 0 Å². The number of hydrogen-bond donors (Lipinski definition) is 0. The summed E-state index contributed by atoms with van der Waals surface area (Å²) in [6.07, 6.45) is 2.03. The van der Waals surface area contributed by atoms with Crippen molar-refractivity contribution in [2.24, 2.45) is 7.05 Å². The van der Waals surface area contributed by atoms with E-state index in [1.165, 1.54) is 28.1 Å². The van der Waals surface area contributed by atoms with E-state index in [1.807, 2.05) is 0 Å². The molecule has 1 aromatic carbocycles. The maximum Gasteiger partial charge on any atom is 0.0246 e. The molecule has 0 saturated heterocycles. The molecule has 1 aromatic heterocycles. The van der Waals surface area contributed by atoms with Gasteiger partial charge in [-0.2, -0.15) is 0 Å². The molecule has 0 saturated carbocycles. The molecular formula is C19H25N. The first-order chi connectivity index (χ1) is 9.52. The van der Waals surface area contributed by atoms with E-state index in [-0.39, 0.29) is 0 Å². The molecule has 1 heteroatoms. The number of nitrogens with zero attached hydrogens (tertiary/aromatic N) is 1. The highest BCUT2D eigenvalue weighted by Crippen LogP contribution is 2.26. The van der Waals surface area contributed by atoms with Crippen LogP contribution in [0.4, 0.5) is 0 Å². The SMILES string of the molecule is C=C(CC)Cc1ccc(C(C)c2ccc(C)cc2)n1C. The molecule has 0 N–H and O–H groups in total. The minimum atomic E-state index is 0.421. The van der Waals surface area contributed by atoms with Crippen LogP contribution in [0.1, 0.15) is 48.7 Å². The summed E-state index contributed by atoms with van der Waals surface area (Å²) >= 11 is 0. The molecule has 20 heavy (non-hydrogen) atoms. The Morgan fingerprint density at radius 1 is 1.15 bits per heavy atom. The minimum Gasteiger partial charge on any atom is -0.351 e. The first-order valence-corrected chi connectivity index (χ1v) is 7.40. The topological polar surface area (TPSA) is 4.93 Å². The van der Waals surface area contributed by atoms with Gasteiger partial charge in [0.1, 0.15) is 0 Å². The lowest BCUT2D eigenvalue weighted by Gasteiger charge is -2.15. The zero-order valence-corrected chi connectivity index (χ0v) is 13.1. The average Bonchev–Trinajstić information content (AvgIpc) is 2.80. The van der Waals surface area contributed by atoms with Crippen molar-refractivity contribution in [2.75, 3.05) is 0 Å². The van der Waals surface area contributed by atoms with Crippen molar-refractivity contribution >= 4 is 0 Å². The number of allylic oxidation sites excluding steroid dienone is 1. The Morgan fingerprint density at radius 2 is 1.80 bits per heavy atom. The molecule has 0 amide bonds. The summed E-state index contributed by atoms with van der Waals surface area (Å²) in [4.78, 5) is 0. The van der Waals surface area contributed by atoms with Gasteiger partial charge in [0.25, 0.3) is 0 Å². The fourth-order valence-electron chi connectivity index (χ4n) is 2.59. The molecule has 1 atom stereocenters. The Bertz CT molecular complexity index is 587. The van der Waals surface area contributed by atoms with Crippen LogP contribution in [-0.2, 0) is 13.5 Å². The fourth-order valence-corrected chi connectivity index (χ4v) is 2.59. The molecule has 2 rings (SSSR count). The molecule has 0 bridgehead atoms. The lowest BCUT2D eigenvalue weighted by molar-refractivity contribution is 0.735. The van der Waals surface area contributed by atoms with Gasteiger partial charge in [0.05, 0.1) is 0 Å². The third-order valence-corrected chi connectivity index (χ3v) is 4.22. The lowest BCUT2D eigenvalue weighted by atomic mass is 9.97. The Labute approximate surface area is 123 Å². The quantitative estimate of drug-likeness (QED) is 0.672. The first-order valence-electron chi connectivity index (χ1n) is 7.40. The average molecular weight is 267 g/mol. The van der Waals surface area contributed by atoms with Crippen LogP contribution in [0.25, 0.3) is 0 Å². The number of aromatic nitrogens is 1. The Morgan fingerprint density at radius 3 is 2.40 bits per heavy atom. The molecule has 106 valence electrons. The Balaban J connectivity index is 2.24. The second kappa shape index (κ2) is 6.13. The lowest BCUT2D eigenvalue weighted by Crippen LogP contribution is -2.06. The Kier molecular flexibility index (Phi) is 4.49. The van der Waals surface area contributed by atoms with E-state index in [4.69, 9.17) is 0 Å². The van der Waals surface area contributed by atoms with Crippen LogP contribution in [-0.4, -0.2) is 4.57 Å². The normalized spacial score (nSPS) is 12.4. The zero-order chi connectivity index (χ0) is 14.7. The van der Waals surface area contributed by atoms with E-state index in [9.17, 15) is 0 Å². The van der Waals surface area contributed by atoms with Gasteiger partial charge in [0.2, 0.25) is 0 Å². The molecule has 1 heterocycles. The van der Waals surface area contributed by atoms with Gasteiger partial charge in [-0.25, -0.2) is 0 Å². The van der Waals surface area contributed by atoms with Gasteiger partial charge in [0, 0.05) is 30.8 Å². The fraction of sp³-hybridized carbons (Fsp3) is 0.368. The van der Waals surface area contributed by atoms with Crippen LogP contribution in [0.5, 0.6) is 0 Å². The van der Waals surface area contributed by atoms with E-state index >= 15 is 0 Å². The standard InChI is InChI=1S/C19H25N/c1-6-14(2)13-18-11-12-19(20(18)5)16(4)17-9-7-15(3)8-10-17/h7-12,16H,2,6,13H2,1,3-5H3. The van der Waals surface area contributed by atoms with Gasteiger partial charge in [-0.3, -0.25) is 0 Å². The van der Waals surface area contributed by atoms with E-state index in [0.717, 1.165) is 12.8 Å². The minimum absolute atomic E-state index is 0.421. The monoisotopic (exact) mass is 267 g/mol. The van der Waals surface area contributed by atoms with Crippen LogP contribution in [0.15, 0.2) is 48.6 Å². The van der Waals surface area contributed by atoms with Crippen molar-refractivity contribution in [2.45, 2.75) is 39.5 Å². The molecule has 0 radical (unpaired) electrons. The summed E-state index contributed by atoms with van der Waals surface area (Å²) in [7, 11) is 2.16. The van der Waals surface area contributed by atoms with Gasteiger partial charge in [0.15, 0.2) is 0 Å². The molecule has 0 aliphatic heterocycles. The van der Waals surface area contributed by atoms with Crippen molar-refractivity contribution in [3.8, 4) is 0 Å². The second-order valence-electron chi connectivity index (χ2n) is 5.72. The molecular weight excluding hydrogens is 242 g/mol. The van der Waals surface area contributed by atoms with Crippen molar-refractivity contribution in [1.82, 2.24) is 4.57 Å². The Hall–Kier alpha value is -1.76. The summed E-state index contributed by atoms with van der Waals surface area (Å²) in [6, 6.07) is 13.3. The van der Waals surface area contributed by atoms with Crippen molar-refractivity contribution in [3.05, 3.63) is 71.1 Å². The maximum atomic E-state index is 4.12. The summed E-state index contributed by atoms with van der Waals surface area (Å²) in [5.41, 5.74) is 6.70. The van der Waals surface area contributed by atoms with E-state index < -0.39 is 0 Å². The van der Waals surface area contributed by atoms with E-state index in [1.54, 1.807) is 0 Å². The van der Waals surface area contributed by atoms with Gasteiger partial charge in [-0.1, -0.05) is 55.8 Å². The molecule has 2 aromatic rings. The maximum absolute atomic E-state index is 4.12. The van der Waals surface area contributed by atoms with E-state index in [0.29, 0.717) is 5.92 Å². The highest BCUT2D eigenvalue weighted by atomic mass is 15.0. The summed E-state index contributed by atoms with van der Waals surface area (Å²) in [5, 5.41) is 0. The smallest absolute Gasteiger partial charge is 0.0246 e. The summed E-state index contributed by atoms with van der Waals surface area (Å²) in [5.74, 6) is 0.421. The number of hydrogen-bond acceptors (Lipinski definition) is 0. The second-order valence-corrected chi connectivity index (χ2v) is 5.72. The summed E-state index contributed by atoms with van der Waals surface area (Å²) < 4.78 is 2.32. The van der Waals surface area contributed by atoms with Gasteiger partial charge in [-0.15, -0.1) is 0 Å². The third kappa shape index (κ3) is 3.04. The van der Waals surface area contributed by atoms with Crippen molar-refractivity contribution in [1.29, 1.82) is 0 Å². The van der Waals surface area contributed by atoms with Crippen LogP contribution >= 0.6 is 0 Å². The van der Waals surface area contributed by atoms with Gasteiger partial charge < -0.3 is 4.57 Å². The third-order valence-electron chi connectivity index (χ3n) is 4.22. The van der Waals surface area contributed by atoms with Crippen LogP contribution in [0.3, 0.4) is 0 Å². The number of benzene rings is 1. The number of rotatable bonds is 5. The van der Waals surface area contributed by atoms with Gasteiger partial charge >= 0.3 is 0 Å². The molecule has 0 spiro atoms. The predicted octanol–water partition coefficient (Wildman–Crippen LogP) is 4.99.